The molecule has 0 spiro atoms. The largest absolute Gasteiger partial charge is 0.329 e. The molecule has 0 bridgehead atoms. The molecule has 0 heterocycles. The molecule has 14 heavy (non-hydrogen) atoms. The highest BCUT2D eigenvalue weighted by molar-refractivity contribution is 7.87. The average Bonchev–Trinajstić information content (AvgIpc) is 2.21. The van der Waals surface area contributed by atoms with Crippen LogP contribution in [0.25, 0.3) is 0 Å². The van der Waals surface area contributed by atoms with E-state index in [1.165, 1.54) is 11.4 Å². The van der Waals surface area contributed by atoms with Crippen molar-refractivity contribution in [1.82, 2.24) is 9.03 Å². The van der Waals surface area contributed by atoms with Gasteiger partial charge < -0.3 is 5.73 Å². The van der Waals surface area contributed by atoms with Crippen LogP contribution in [0.5, 0.6) is 0 Å². The van der Waals surface area contributed by atoms with E-state index in [1.54, 1.807) is 7.05 Å². The van der Waals surface area contributed by atoms with Crippen LogP contribution in [0.2, 0.25) is 0 Å². The van der Waals surface area contributed by atoms with Gasteiger partial charge in [-0.25, -0.2) is 4.72 Å². The summed E-state index contributed by atoms with van der Waals surface area (Å²) in [6.07, 6.45) is 1.41. The third-order valence-electron chi connectivity index (χ3n) is 2.98. The first-order chi connectivity index (χ1) is 6.40. The van der Waals surface area contributed by atoms with Gasteiger partial charge >= 0.3 is 0 Å². The van der Waals surface area contributed by atoms with Crippen LogP contribution < -0.4 is 10.5 Å². The van der Waals surface area contributed by atoms with Gasteiger partial charge in [0.25, 0.3) is 10.2 Å². The maximum absolute atomic E-state index is 11.6. The van der Waals surface area contributed by atoms with Crippen molar-refractivity contribution < 1.29 is 8.42 Å². The first-order valence-corrected chi connectivity index (χ1v) is 6.21. The van der Waals surface area contributed by atoms with E-state index >= 15 is 0 Å². The van der Waals surface area contributed by atoms with Crippen LogP contribution in [0, 0.1) is 0 Å². The molecule has 0 aliphatic rings. The zero-order valence-corrected chi connectivity index (χ0v) is 10.2. The Bertz CT molecular complexity index is 251. The molecule has 0 saturated heterocycles. The Morgan fingerprint density at radius 3 is 2.00 bits per heavy atom. The van der Waals surface area contributed by atoms with Crippen LogP contribution in [0.15, 0.2) is 0 Å². The molecule has 0 aliphatic heterocycles. The fraction of sp³-hybridized carbons (Fsp3) is 1.00. The van der Waals surface area contributed by atoms with E-state index in [0.717, 1.165) is 0 Å². The number of rotatable bonds is 6. The molecule has 0 aliphatic carbocycles. The van der Waals surface area contributed by atoms with E-state index in [9.17, 15) is 8.42 Å². The summed E-state index contributed by atoms with van der Waals surface area (Å²) in [6, 6.07) is 0. The van der Waals surface area contributed by atoms with Crippen LogP contribution in [0.4, 0.5) is 0 Å². The molecule has 5 nitrogen and oxygen atoms in total. The Hall–Kier alpha value is -0.170. The van der Waals surface area contributed by atoms with Crippen molar-refractivity contribution in [3.63, 3.8) is 0 Å². The van der Waals surface area contributed by atoms with Crippen molar-refractivity contribution >= 4 is 10.2 Å². The molecule has 6 heteroatoms. The summed E-state index contributed by atoms with van der Waals surface area (Å²) in [6.45, 7) is 4.22. The van der Waals surface area contributed by atoms with E-state index < -0.39 is 15.7 Å². The first-order valence-electron chi connectivity index (χ1n) is 4.77. The Labute approximate surface area is 86.8 Å². The predicted molar refractivity (Wildman–Crippen MR) is 58.1 cm³/mol. The van der Waals surface area contributed by atoms with Gasteiger partial charge in [0.05, 0.1) is 0 Å². The zero-order chi connectivity index (χ0) is 11.4. The van der Waals surface area contributed by atoms with Crippen LogP contribution in [-0.4, -0.2) is 38.9 Å². The molecule has 0 rings (SSSR count). The van der Waals surface area contributed by atoms with E-state index in [1.807, 2.05) is 13.8 Å². The van der Waals surface area contributed by atoms with Crippen LogP contribution in [-0.2, 0) is 10.2 Å². The molecular formula is C8H21N3O2S. The van der Waals surface area contributed by atoms with Gasteiger partial charge in [0.1, 0.15) is 0 Å². The van der Waals surface area contributed by atoms with Gasteiger partial charge in [0.15, 0.2) is 0 Å². The lowest BCUT2D eigenvalue weighted by molar-refractivity contribution is 0.206. The molecule has 3 N–H and O–H groups in total. The molecule has 86 valence electrons. The second-order valence-electron chi connectivity index (χ2n) is 3.31. The van der Waals surface area contributed by atoms with Crippen molar-refractivity contribution in [2.24, 2.45) is 5.73 Å². The van der Waals surface area contributed by atoms with Gasteiger partial charge in [-0.3, -0.25) is 0 Å². The highest BCUT2D eigenvalue weighted by Crippen LogP contribution is 2.23. The SMILES string of the molecule is CCC(CC)(CN)N(C)S(=O)(=O)NC. The molecule has 0 aromatic carbocycles. The van der Waals surface area contributed by atoms with Crippen LogP contribution in [0.1, 0.15) is 26.7 Å². The Morgan fingerprint density at radius 2 is 1.79 bits per heavy atom. The fourth-order valence-corrected chi connectivity index (χ4v) is 2.62. The minimum atomic E-state index is -3.39. The molecule has 0 unspecified atom stereocenters. The van der Waals surface area contributed by atoms with Gasteiger partial charge in [-0.2, -0.15) is 12.7 Å². The van der Waals surface area contributed by atoms with E-state index in [4.69, 9.17) is 5.73 Å². The molecular weight excluding hydrogens is 202 g/mol. The summed E-state index contributed by atoms with van der Waals surface area (Å²) in [4.78, 5) is 0. The van der Waals surface area contributed by atoms with Gasteiger partial charge in [-0.05, 0) is 12.8 Å². The summed E-state index contributed by atoms with van der Waals surface area (Å²) in [5.41, 5.74) is 5.18. The third-order valence-corrected chi connectivity index (χ3v) is 4.61. The van der Waals surface area contributed by atoms with E-state index in [0.29, 0.717) is 19.4 Å². The number of hydrogen-bond donors (Lipinski definition) is 2. The maximum Gasteiger partial charge on any atom is 0.279 e. The summed E-state index contributed by atoms with van der Waals surface area (Å²) in [5, 5.41) is 0. The molecule has 0 aromatic heterocycles. The van der Waals surface area contributed by atoms with Gasteiger partial charge in [-0.15, -0.1) is 0 Å². The van der Waals surface area contributed by atoms with Gasteiger partial charge in [0.2, 0.25) is 0 Å². The second kappa shape index (κ2) is 5.06. The molecule has 0 saturated carbocycles. The Morgan fingerprint density at radius 1 is 1.36 bits per heavy atom. The van der Waals surface area contributed by atoms with Crippen molar-refractivity contribution in [2.45, 2.75) is 32.2 Å². The van der Waals surface area contributed by atoms with E-state index in [-0.39, 0.29) is 0 Å². The Balaban J connectivity index is 5.04. The van der Waals surface area contributed by atoms with Crippen molar-refractivity contribution in [3.05, 3.63) is 0 Å². The summed E-state index contributed by atoms with van der Waals surface area (Å²) >= 11 is 0. The van der Waals surface area contributed by atoms with E-state index in [2.05, 4.69) is 4.72 Å². The van der Waals surface area contributed by atoms with Crippen LogP contribution >= 0.6 is 0 Å². The topological polar surface area (TPSA) is 75.4 Å². The van der Waals surface area contributed by atoms with Gasteiger partial charge in [0, 0.05) is 26.2 Å². The number of nitrogens with one attached hydrogen (secondary N) is 1. The number of likely N-dealkylation sites (N-methyl/N-ethyl adjacent to an activating group) is 1. The number of hydrogen-bond acceptors (Lipinski definition) is 3. The zero-order valence-electron chi connectivity index (χ0n) is 9.37. The second-order valence-corrected chi connectivity index (χ2v) is 5.22. The summed E-state index contributed by atoms with van der Waals surface area (Å²) in [5.74, 6) is 0. The highest BCUT2D eigenvalue weighted by atomic mass is 32.2. The summed E-state index contributed by atoms with van der Waals surface area (Å²) in [7, 11) is -0.426. The maximum atomic E-state index is 11.6. The Kier molecular flexibility index (Phi) is 5.00. The lowest BCUT2D eigenvalue weighted by atomic mass is 9.93. The monoisotopic (exact) mass is 223 g/mol. The van der Waals surface area contributed by atoms with Gasteiger partial charge in [-0.1, -0.05) is 13.8 Å². The minimum absolute atomic E-state index is 0.331. The van der Waals surface area contributed by atoms with Crippen LogP contribution in [0.3, 0.4) is 0 Å². The fourth-order valence-electron chi connectivity index (χ4n) is 1.50. The third kappa shape index (κ3) is 2.44. The number of nitrogens with two attached hydrogens (primary N) is 1. The predicted octanol–water partition coefficient (Wildman–Crippen LogP) is -0.100. The summed E-state index contributed by atoms with van der Waals surface area (Å²) < 4.78 is 26.8. The lowest BCUT2D eigenvalue weighted by Gasteiger charge is -2.38. The minimum Gasteiger partial charge on any atom is -0.329 e. The first kappa shape index (κ1) is 13.8. The average molecular weight is 223 g/mol. The highest BCUT2D eigenvalue weighted by Gasteiger charge is 2.36. The molecule has 0 atom stereocenters. The van der Waals surface area contributed by atoms with Crippen molar-refractivity contribution in [2.75, 3.05) is 20.6 Å². The quantitative estimate of drug-likeness (QED) is 0.660. The molecule has 0 radical (unpaired) electrons. The van der Waals surface area contributed by atoms with Crippen molar-refractivity contribution in [3.8, 4) is 0 Å². The normalized spacial score (nSPS) is 13.6. The molecule has 0 amide bonds. The standard InChI is InChI=1S/C8H21N3O2S/c1-5-8(6-2,7-9)11(4)14(12,13)10-3/h10H,5-7,9H2,1-4H3. The lowest BCUT2D eigenvalue weighted by Crippen LogP contribution is -2.56. The molecule has 0 aromatic rings. The number of nitrogens with zero attached hydrogens (tertiary/aromatic N) is 1. The smallest absolute Gasteiger partial charge is 0.279 e. The van der Waals surface area contributed by atoms with Crippen molar-refractivity contribution in [1.29, 1.82) is 0 Å². The molecule has 0 fully saturated rings.